The standard InChI is InChI=1S/C18H26N2O3/c1-14-11-17(14)18(22)20-9-7-19(8-10-20)12-15(21)13-23-16-5-3-2-4-6-16/h2-6,14-15,17,21H,7-13H2,1H3/t14-,15-,17-/m1/s1. The van der Waals surface area contributed by atoms with Crippen LogP contribution in [0.5, 0.6) is 5.75 Å². The number of rotatable bonds is 6. The summed E-state index contributed by atoms with van der Waals surface area (Å²) >= 11 is 0. The second kappa shape index (κ2) is 7.32. The number of para-hydroxylation sites is 1. The summed E-state index contributed by atoms with van der Waals surface area (Å²) in [4.78, 5) is 16.4. The summed E-state index contributed by atoms with van der Waals surface area (Å²) in [5.74, 6) is 1.94. The van der Waals surface area contributed by atoms with Crippen LogP contribution in [0.25, 0.3) is 0 Å². The number of piperazine rings is 1. The molecule has 1 N–H and O–H groups in total. The van der Waals surface area contributed by atoms with Crippen molar-refractivity contribution in [3.63, 3.8) is 0 Å². The molecule has 0 bridgehead atoms. The van der Waals surface area contributed by atoms with E-state index in [0.717, 1.165) is 38.3 Å². The number of β-amino-alcohol motifs (C(OH)–C–C–N with tert-alkyl or cyclic N) is 1. The van der Waals surface area contributed by atoms with E-state index in [-0.39, 0.29) is 5.92 Å². The van der Waals surface area contributed by atoms with Crippen molar-refractivity contribution in [3.8, 4) is 5.75 Å². The fraction of sp³-hybridized carbons (Fsp3) is 0.611. The molecule has 1 aromatic carbocycles. The Labute approximate surface area is 137 Å². The Morgan fingerprint density at radius 1 is 1.26 bits per heavy atom. The molecule has 0 unspecified atom stereocenters. The Hall–Kier alpha value is -1.59. The van der Waals surface area contributed by atoms with Crippen LogP contribution in [0, 0.1) is 11.8 Å². The van der Waals surface area contributed by atoms with Crippen LogP contribution in [0.15, 0.2) is 30.3 Å². The van der Waals surface area contributed by atoms with Crippen LogP contribution in [-0.2, 0) is 4.79 Å². The Bertz CT molecular complexity index is 514. The Morgan fingerprint density at radius 3 is 2.52 bits per heavy atom. The van der Waals surface area contributed by atoms with Crippen molar-refractivity contribution in [1.82, 2.24) is 9.80 Å². The molecule has 1 heterocycles. The number of carbonyl (C=O) groups is 1. The fourth-order valence-corrected chi connectivity index (χ4v) is 3.11. The first-order chi connectivity index (χ1) is 11.1. The number of hydrogen-bond acceptors (Lipinski definition) is 4. The van der Waals surface area contributed by atoms with Crippen molar-refractivity contribution in [2.45, 2.75) is 19.4 Å². The van der Waals surface area contributed by atoms with Gasteiger partial charge in [0.25, 0.3) is 0 Å². The van der Waals surface area contributed by atoms with Crippen LogP contribution in [0.4, 0.5) is 0 Å². The first-order valence-electron chi connectivity index (χ1n) is 8.50. The maximum Gasteiger partial charge on any atom is 0.226 e. The lowest BCUT2D eigenvalue weighted by molar-refractivity contribution is -0.134. The molecule has 1 amide bonds. The van der Waals surface area contributed by atoms with E-state index in [1.54, 1.807) is 0 Å². The van der Waals surface area contributed by atoms with Gasteiger partial charge in [-0.1, -0.05) is 25.1 Å². The van der Waals surface area contributed by atoms with Gasteiger partial charge in [0.05, 0.1) is 0 Å². The van der Waals surface area contributed by atoms with Gasteiger partial charge in [-0.15, -0.1) is 0 Å². The number of hydrogen-bond donors (Lipinski definition) is 1. The number of aliphatic hydroxyl groups is 1. The van der Waals surface area contributed by atoms with E-state index in [1.807, 2.05) is 35.2 Å². The number of amides is 1. The molecule has 1 saturated heterocycles. The zero-order valence-electron chi connectivity index (χ0n) is 13.7. The molecule has 3 atom stereocenters. The summed E-state index contributed by atoms with van der Waals surface area (Å²) in [7, 11) is 0. The van der Waals surface area contributed by atoms with E-state index in [9.17, 15) is 9.90 Å². The molecule has 1 aliphatic heterocycles. The second-order valence-corrected chi connectivity index (χ2v) is 6.72. The van der Waals surface area contributed by atoms with E-state index in [1.165, 1.54) is 0 Å². The summed E-state index contributed by atoms with van der Waals surface area (Å²) < 4.78 is 5.58. The normalized spacial score (nSPS) is 25.9. The van der Waals surface area contributed by atoms with Crippen LogP contribution in [-0.4, -0.2) is 66.2 Å². The SMILES string of the molecule is C[C@@H]1C[C@H]1C(=O)N1CCN(C[C@@H](O)COc2ccccc2)CC1. The summed E-state index contributed by atoms with van der Waals surface area (Å²) in [6.07, 6.45) is 0.537. The van der Waals surface area contributed by atoms with Gasteiger partial charge in [0.2, 0.25) is 5.91 Å². The van der Waals surface area contributed by atoms with Crippen LogP contribution in [0.3, 0.4) is 0 Å². The summed E-state index contributed by atoms with van der Waals surface area (Å²) in [6, 6.07) is 9.54. The van der Waals surface area contributed by atoms with E-state index in [0.29, 0.717) is 25.0 Å². The molecule has 3 rings (SSSR count). The number of aliphatic hydroxyl groups excluding tert-OH is 1. The van der Waals surface area contributed by atoms with E-state index < -0.39 is 6.10 Å². The minimum atomic E-state index is -0.513. The van der Waals surface area contributed by atoms with Crippen molar-refractivity contribution in [2.75, 3.05) is 39.3 Å². The maximum absolute atomic E-state index is 12.2. The molecule has 0 aromatic heterocycles. The van der Waals surface area contributed by atoms with Crippen LogP contribution < -0.4 is 4.74 Å². The molecule has 5 heteroatoms. The minimum Gasteiger partial charge on any atom is -0.491 e. The zero-order chi connectivity index (χ0) is 16.2. The quantitative estimate of drug-likeness (QED) is 0.857. The molecule has 2 fully saturated rings. The van der Waals surface area contributed by atoms with Crippen molar-refractivity contribution in [3.05, 3.63) is 30.3 Å². The molecule has 5 nitrogen and oxygen atoms in total. The van der Waals surface area contributed by atoms with Gasteiger partial charge in [0.15, 0.2) is 0 Å². The second-order valence-electron chi connectivity index (χ2n) is 6.72. The summed E-state index contributed by atoms with van der Waals surface area (Å²) in [5, 5.41) is 10.1. The van der Waals surface area contributed by atoms with Crippen molar-refractivity contribution in [2.24, 2.45) is 11.8 Å². The maximum atomic E-state index is 12.2. The van der Waals surface area contributed by atoms with Crippen molar-refractivity contribution in [1.29, 1.82) is 0 Å². The molecule has 23 heavy (non-hydrogen) atoms. The highest BCUT2D eigenvalue weighted by molar-refractivity contribution is 5.81. The molecule has 2 aliphatic rings. The van der Waals surface area contributed by atoms with E-state index in [4.69, 9.17) is 4.74 Å². The predicted molar refractivity (Wildman–Crippen MR) is 88.2 cm³/mol. The first-order valence-corrected chi connectivity index (χ1v) is 8.50. The third kappa shape index (κ3) is 4.45. The molecular formula is C18H26N2O3. The highest BCUT2D eigenvalue weighted by Crippen LogP contribution is 2.39. The van der Waals surface area contributed by atoms with Crippen molar-refractivity contribution < 1.29 is 14.6 Å². The first kappa shape index (κ1) is 16.3. The average molecular weight is 318 g/mol. The van der Waals surface area contributed by atoms with Gasteiger partial charge >= 0.3 is 0 Å². The van der Waals surface area contributed by atoms with Gasteiger partial charge in [-0.25, -0.2) is 0 Å². The van der Waals surface area contributed by atoms with E-state index in [2.05, 4.69) is 11.8 Å². The molecule has 0 radical (unpaired) electrons. The Morgan fingerprint density at radius 2 is 1.91 bits per heavy atom. The molecule has 126 valence electrons. The van der Waals surface area contributed by atoms with Crippen LogP contribution in [0.1, 0.15) is 13.3 Å². The molecule has 1 aliphatic carbocycles. The highest BCUT2D eigenvalue weighted by atomic mass is 16.5. The molecular weight excluding hydrogens is 292 g/mol. The lowest BCUT2D eigenvalue weighted by Crippen LogP contribution is -2.51. The van der Waals surface area contributed by atoms with Crippen LogP contribution >= 0.6 is 0 Å². The number of nitrogens with zero attached hydrogens (tertiary/aromatic N) is 2. The molecule has 1 aromatic rings. The average Bonchev–Trinajstić information content (AvgIpc) is 3.31. The smallest absolute Gasteiger partial charge is 0.226 e. The third-order valence-corrected chi connectivity index (χ3v) is 4.77. The fourth-order valence-electron chi connectivity index (χ4n) is 3.11. The van der Waals surface area contributed by atoms with Gasteiger partial charge in [-0.2, -0.15) is 0 Å². The predicted octanol–water partition coefficient (Wildman–Crippen LogP) is 1.23. The van der Waals surface area contributed by atoms with Gasteiger partial charge < -0.3 is 14.7 Å². The number of carbonyl (C=O) groups excluding carboxylic acids is 1. The Kier molecular flexibility index (Phi) is 5.18. The zero-order valence-corrected chi connectivity index (χ0v) is 13.7. The molecule has 1 saturated carbocycles. The van der Waals surface area contributed by atoms with Gasteiger partial charge in [0.1, 0.15) is 18.5 Å². The molecule has 0 spiro atoms. The van der Waals surface area contributed by atoms with Gasteiger partial charge in [0, 0.05) is 38.6 Å². The summed E-state index contributed by atoms with van der Waals surface area (Å²) in [5.41, 5.74) is 0. The summed E-state index contributed by atoms with van der Waals surface area (Å²) in [6.45, 7) is 6.23. The minimum absolute atomic E-state index is 0.270. The Balaban J connectivity index is 1.36. The van der Waals surface area contributed by atoms with Gasteiger partial charge in [-0.3, -0.25) is 9.69 Å². The lowest BCUT2D eigenvalue weighted by Gasteiger charge is -2.35. The largest absolute Gasteiger partial charge is 0.491 e. The van der Waals surface area contributed by atoms with Gasteiger partial charge in [-0.05, 0) is 24.5 Å². The lowest BCUT2D eigenvalue weighted by atomic mass is 10.2. The van der Waals surface area contributed by atoms with E-state index >= 15 is 0 Å². The topological polar surface area (TPSA) is 53.0 Å². The highest BCUT2D eigenvalue weighted by Gasteiger charge is 2.41. The van der Waals surface area contributed by atoms with Crippen LogP contribution in [0.2, 0.25) is 0 Å². The monoisotopic (exact) mass is 318 g/mol. The van der Waals surface area contributed by atoms with Crippen molar-refractivity contribution >= 4 is 5.91 Å². The third-order valence-electron chi connectivity index (χ3n) is 4.77. The number of ether oxygens (including phenoxy) is 1. The number of benzene rings is 1.